The molecule has 0 atom stereocenters. The van der Waals surface area contributed by atoms with Gasteiger partial charge in [-0.2, -0.15) is 0 Å². The van der Waals surface area contributed by atoms with Gasteiger partial charge in [-0.3, -0.25) is 4.79 Å². The fraction of sp³-hybridized carbons (Fsp3) is 0.875. The average molecular weight is 280 g/mol. The van der Waals surface area contributed by atoms with Gasteiger partial charge in [0.2, 0.25) is 0 Å². The Bertz CT molecular complexity index is 155. The second-order valence-electron chi connectivity index (χ2n) is 3.31. The molecule has 1 rings (SSSR count). The summed E-state index contributed by atoms with van der Waals surface area (Å²) in [6, 6.07) is 0. The van der Waals surface area contributed by atoms with E-state index >= 15 is 0 Å². The quantitative estimate of drug-likeness (QED) is 0.574. The minimum atomic E-state index is 0.0107. The largest absolute Gasteiger partial charge is 0.525 e. The second-order valence-corrected chi connectivity index (χ2v) is 5.07. The Morgan fingerprint density at radius 3 is 2.50 bits per heavy atom. The van der Waals surface area contributed by atoms with Gasteiger partial charge in [0.25, 0.3) is 5.97 Å². The smallest absolute Gasteiger partial charge is 0.428 e. The Hall–Kier alpha value is 0.265. The first-order chi connectivity index (χ1) is 5.70. The molecule has 0 aliphatic heterocycles. The molecule has 1 aliphatic rings. The van der Waals surface area contributed by atoms with Crippen LogP contribution in [-0.2, 0) is 9.45 Å². The standard InChI is InChI=1S/C8H14BIO2/c1-9(10)12-8(11)7-5-3-2-4-6-7/h7H,2-6H2,1H3. The van der Waals surface area contributed by atoms with Crippen LogP contribution in [0.25, 0.3) is 0 Å². The highest BCUT2D eigenvalue weighted by atomic mass is 127. The molecule has 0 aromatic rings. The lowest BCUT2D eigenvalue weighted by Crippen LogP contribution is -2.23. The van der Waals surface area contributed by atoms with Crippen molar-refractivity contribution in [3.8, 4) is 0 Å². The van der Waals surface area contributed by atoms with E-state index in [9.17, 15) is 4.79 Å². The molecule has 1 fully saturated rings. The molecule has 0 aromatic carbocycles. The van der Waals surface area contributed by atoms with Gasteiger partial charge in [0.1, 0.15) is 0 Å². The van der Waals surface area contributed by atoms with E-state index in [1.807, 2.05) is 6.82 Å². The molecule has 0 unspecified atom stereocenters. The summed E-state index contributed by atoms with van der Waals surface area (Å²) < 4.78 is 5.15. The van der Waals surface area contributed by atoms with Crippen LogP contribution in [0, 0.1) is 5.92 Å². The number of hydrogen-bond donors (Lipinski definition) is 0. The predicted octanol–water partition coefficient (Wildman–Crippen LogP) is 2.66. The molecule has 0 heterocycles. The van der Waals surface area contributed by atoms with E-state index in [1.165, 1.54) is 19.3 Å². The highest BCUT2D eigenvalue weighted by Gasteiger charge is 2.23. The van der Waals surface area contributed by atoms with E-state index in [0.717, 1.165) is 12.8 Å². The molecule has 0 amide bonds. The Morgan fingerprint density at radius 2 is 2.00 bits per heavy atom. The highest BCUT2D eigenvalue weighted by Crippen LogP contribution is 2.25. The summed E-state index contributed by atoms with van der Waals surface area (Å²) in [6.45, 7) is 1.89. The van der Waals surface area contributed by atoms with Crippen molar-refractivity contribution in [3.05, 3.63) is 0 Å². The maximum absolute atomic E-state index is 11.4. The first-order valence-electron chi connectivity index (χ1n) is 4.54. The first kappa shape index (κ1) is 10.3. The van der Waals surface area contributed by atoms with Crippen LogP contribution in [0.1, 0.15) is 32.1 Å². The van der Waals surface area contributed by atoms with Crippen LogP contribution in [0.2, 0.25) is 6.82 Å². The summed E-state index contributed by atoms with van der Waals surface area (Å²) in [7, 11) is 0. The molecule has 0 aromatic heterocycles. The van der Waals surface area contributed by atoms with E-state index < -0.39 is 0 Å². The van der Waals surface area contributed by atoms with Gasteiger partial charge in [0.05, 0.1) is 5.92 Å². The minimum Gasteiger partial charge on any atom is -0.525 e. The molecular weight excluding hydrogens is 266 g/mol. The van der Waals surface area contributed by atoms with Crippen molar-refractivity contribution in [1.29, 1.82) is 0 Å². The molecule has 0 radical (unpaired) electrons. The zero-order valence-corrected chi connectivity index (χ0v) is 9.54. The molecule has 0 saturated heterocycles. The topological polar surface area (TPSA) is 26.3 Å². The van der Waals surface area contributed by atoms with Crippen LogP contribution in [0.4, 0.5) is 0 Å². The third kappa shape index (κ3) is 3.33. The van der Waals surface area contributed by atoms with E-state index in [1.54, 1.807) is 0 Å². The fourth-order valence-electron chi connectivity index (χ4n) is 1.59. The van der Waals surface area contributed by atoms with Gasteiger partial charge in [-0.1, -0.05) is 41.6 Å². The monoisotopic (exact) mass is 280 g/mol. The normalized spacial score (nSPS) is 18.8. The minimum absolute atomic E-state index is 0.0107. The van der Waals surface area contributed by atoms with Crippen molar-refractivity contribution in [2.75, 3.05) is 0 Å². The highest BCUT2D eigenvalue weighted by molar-refractivity contribution is 14.1. The van der Waals surface area contributed by atoms with Crippen molar-refractivity contribution in [3.63, 3.8) is 0 Å². The van der Waals surface area contributed by atoms with Crippen molar-refractivity contribution in [1.82, 2.24) is 0 Å². The van der Waals surface area contributed by atoms with Crippen LogP contribution in [-0.4, -0.2) is 10.7 Å². The third-order valence-electron chi connectivity index (χ3n) is 2.22. The van der Waals surface area contributed by atoms with Crippen molar-refractivity contribution < 1.29 is 9.45 Å². The van der Waals surface area contributed by atoms with Crippen molar-refractivity contribution in [2.24, 2.45) is 5.92 Å². The molecule has 1 saturated carbocycles. The number of rotatable bonds is 2. The summed E-state index contributed by atoms with van der Waals surface area (Å²) in [5.74, 6) is 0.201. The lowest BCUT2D eigenvalue weighted by molar-refractivity contribution is -0.140. The molecule has 0 bridgehead atoms. The molecule has 0 N–H and O–H groups in total. The van der Waals surface area contributed by atoms with Crippen LogP contribution in [0.15, 0.2) is 0 Å². The van der Waals surface area contributed by atoms with Crippen LogP contribution >= 0.6 is 22.4 Å². The summed E-state index contributed by atoms with van der Waals surface area (Å²) in [5, 5.41) is 0. The molecule has 4 heteroatoms. The molecular formula is C8H14BIO2. The number of carbonyl (C=O) groups is 1. The molecule has 0 spiro atoms. The van der Waals surface area contributed by atoms with Crippen LogP contribution in [0.3, 0.4) is 0 Å². The van der Waals surface area contributed by atoms with E-state index in [0.29, 0.717) is 0 Å². The summed E-state index contributed by atoms with van der Waals surface area (Å²) in [6.07, 6.45) is 5.72. The number of hydrogen-bond acceptors (Lipinski definition) is 2. The Morgan fingerprint density at radius 1 is 1.42 bits per heavy atom. The number of halogens is 1. The number of carbonyl (C=O) groups excluding carboxylic acids is 1. The lowest BCUT2D eigenvalue weighted by atomic mass is 9.89. The zero-order chi connectivity index (χ0) is 8.97. The van der Waals surface area contributed by atoms with Gasteiger partial charge >= 0.3 is 4.77 Å². The maximum atomic E-state index is 11.4. The molecule has 12 heavy (non-hydrogen) atoms. The summed E-state index contributed by atoms with van der Waals surface area (Å²) >= 11 is 2.11. The summed E-state index contributed by atoms with van der Waals surface area (Å²) in [5.41, 5.74) is 0. The molecule has 2 nitrogen and oxygen atoms in total. The Balaban J connectivity index is 2.30. The summed E-state index contributed by atoms with van der Waals surface area (Å²) in [4.78, 5) is 11.4. The SMILES string of the molecule is CB(I)OC(=O)C1CCCCC1. The van der Waals surface area contributed by atoms with Crippen LogP contribution in [0.5, 0.6) is 0 Å². The molecule has 68 valence electrons. The van der Waals surface area contributed by atoms with E-state index in [-0.39, 0.29) is 16.7 Å². The third-order valence-corrected chi connectivity index (χ3v) is 2.47. The average Bonchev–Trinajstić information content (AvgIpc) is 2.05. The second kappa shape index (κ2) is 5.09. The van der Waals surface area contributed by atoms with Gasteiger partial charge in [-0.05, 0) is 19.7 Å². The lowest BCUT2D eigenvalue weighted by Gasteiger charge is -2.20. The fourth-order valence-corrected chi connectivity index (χ4v) is 1.85. The maximum Gasteiger partial charge on any atom is 0.428 e. The predicted molar refractivity (Wildman–Crippen MR) is 58.3 cm³/mol. The van der Waals surface area contributed by atoms with E-state index in [2.05, 4.69) is 22.4 Å². The van der Waals surface area contributed by atoms with Gasteiger partial charge in [-0.15, -0.1) is 0 Å². The Kier molecular flexibility index (Phi) is 4.39. The van der Waals surface area contributed by atoms with Gasteiger partial charge < -0.3 is 4.65 Å². The van der Waals surface area contributed by atoms with Gasteiger partial charge in [0.15, 0.2) is 0 Å². The van der Waals surface area contributed by atoms with E-state index in [4.69, 9.17) is 4.65 Å². The van der Waals surface area contributed by atoms with Gasteiger partial charge in [-0.25, -0.2) is 0 Å². The first-order valence-corrected chi connectivity index (χ1v) is 5.79. The molecule has 1 aliphatic carbocycles. The van der Waals surface area contributed by atoms with Gasteiger partial charge in [0, 0.05) is 0 Å². The van der Waals surface area contributed by atoms with Crippen molar-refractivity contribution >= 4 is 33.1 Å². The van der Waals surface area contributed by atoms with Crippen molar-refractivity contribution in [2.45, 2.75) is 38.9 Å². The Labute approximate surface area is 87.4 Å². The van der Waals surface area contributed by atoms with Crippen LogP contribution < -0.4 is 0 Å². The zero-order valence-electron chi connectivity index (χ0n) is 7.38.